The molecule has 1 amide bonds. The summed E-state index contributed by atoms with van der Waals surface area (Å²) in [6, 6.07) is 4.97. The van der Waals surface area contributed by atoms with Gasteiger partial charge in [0.25, 0.3) is 5.91 Å². The Hall–Kier alpha value is -2.47. The van der Waals surface area contributed by atoms with E-state index in [2.05, 4.69) is 20.4 Å². The van der Waals surface area contributed by atoms with Crippen molar-refractivity contribution in [3.05, 3.63) is 52.7 Å². The number of fused-ring (bicyclic) bond motifs is 1. The van der Waals surface area contributed by atoms with Crippen LogP contribution in [-0.4, -0.2) is 25.5 Å². The Labute approximate surface area is 125 Å². The summed E-state index contributed by atoms with van der Waals surface area (Å²) in [7, 11) is 0. The Kier molecular flexibility index (Phi) is 3.31. The van der Waals surface area contributed by atoms with Crippen LogP contribution in [0.25, 0.3) is 5.65 Å². The Morgan fingerprint density at radius 2 is 2.14 bits per heavy atom. The van der Waals surface area contributed by atoms with Gasteiger partial charge in [-0.2, -0.15) is 5.10 Å². The molecule has 3 rings (SSSR count). The summed E-state index contributed by atoms with van der Waals surface area (Å²) < 4.78 is 1.65. The van der Waals surface area contributed by atoms with Crippen LogP contribution in [0.5, 0.6) is 0 Å². The zero-order chi connectivity index (χ0) is 15.0. The first-order valence-corrected chi connectivity index (χ1v) is 6.67. The molecule has 0 unspecified atom stereocenters. The smallest absolute Gasteiger partial charge is 0.255 e. The summed E-state index contributed by atoms with van der Waals surface area (Å²) in [5.41, 5.74) is 2.80. The summed E-state index contributed by atoms with van der Waals surface area (Å²) in [5, 5.41) is 7.34. The fourth-order valence-electron chi connectivity index (χ4n) is 2.07. The molecular formula is C14H12ClN5O. The monoisotopic (exact) mass is 301 g/mol. The number of rotatable bonds is 2. The molecule has 0 bridgehead atoms. The number of hydrogen-bond acceptors (Lipinski definition) is 4. The summed E-state index contributed by atoms with van der Waals surface area (Å²) in [6.45, 7) is 3.74. The number of carbonyl (C=O) groups excluding carboxylic acids is 1. The van der Waals surface area contributed by atoms with Gasteiger partial charge in [-0.3, -0.25) is 4.79 Å². The van der Waals surface area contributed by atoms with Gasteiger partial charge in [0.1, 0.15) is 11.0 Å². The van der Waals surface area contributed by atoms with Gasteiger partial charge in [-0.1, -0.05) is 11.6 Å². The van der Waals surface area contributed by atoms with E-state index in [1.165, 1.54) is 12.3 Å². The van der Waals surface area contributed by atoms with Gasteiger partial charge in [0.2, 0.25) is 0 Å². The minimum absolute atomic E-state index is 0.255. The SMILES string of the molecule is Cc1nc2c(C)cc(NC(=O)c3ccnc(Cl)c3)cn2n1. The van der Waals surface area contributed by atoms with Crippen molar-refractivity contribution >= 4 is 28.8 Å². The average Bonchev–Trinajstić information content (AvgIpc) is 2.80. The van der Waals surface area contributed by atoms with E-state index in [9.17, 15) is 4.79 Å². The molecule has 0 saturated carbocycles. The van der Waals surface area contributed by atoms with Crippen LogP contribution in [0.2, 0.25) is 5.15 Å². The van der Waals surface area contributed by atoms with Crippen LogP contribution in [0.4, 0.5) is 5.69 Å². The van der Waals surface area contributed by atoms with Crippen molar-refractivity contribution < 1.29 is 4.79 Å². The maximum atomic E-state index is 12.2. The van der Waals surface area contributed by atoms with Crippen LogP contribution in [0.3, 0.4) is 0 Å². The minimum Gasteiger partial charge on any atom is -0.321 e. The third-order valence-electron chi connectivity index (χ3n) is 2.97. The average molecular weight is 302 g/mol. The van der Waals surface area contributed by atoms with E-state index < -0.39 is 0 Å². The summed E-state index contributed by atoms with van der Waals surface area (Å²) in [4.78, 5) is 20.3. The van der Waals surface area contributed by atoms with E-state index in [1.54, 1.807) is 16.8 Å². The van der Waals surface area contributed by atoms with Crippen LogP contribution in [0.1, 0.15) is 21.7 Å². The highest BCUT2D eigenvalue weighted by Gasteiger charge is 2.10. The van der Waals surface area contributed by atoms with E-state index in [1.807, 2.05) is 19.9 Å². The molecule has 0 aliphatic rings. The molecule has 106 valence electrons. The molecule has 3 heterocycles. The molecule has 3 aromatic heterocycles. The lowest BCUT2D eigenvalue weighted by Gasteiger charge is -2.07. The first-order valence-electron chi connectivity index (χ1n) is 6.29. The number of anilines is 1. The number of nitrogens with zero attached hydrogens (tertiary/aromatic N) is 4. The number of hydrogen-bond donors (Lipinski definition) is 1. The zero-order valence-corrected chi connectivity index (χ0v) is 12.2. The molecule has 0 radical (unpaired) electrons. The molecule has 0 aliphatic carbocycles. The maximum Gasteiger partial charge on any atom is 0.255 e. The van der Waals surface area contributed by atoms with Crippen LogP contribution < -0.4 is 5.32 Å². The van der Waals surface area contributed by atoms with Crippen molar-refractivity contribution in [2.75, 3.05) is 5.32 Å². The van der Waals surface area contributed by atoms with Gasteiger partial charge >= 0.3 is 0 Å². The molecule has 3 aromatic rings. The molecule has 0 spiro atoms. The van der Waals surface area contributed by atoms with Crippen molar-refractivity contribution in [1.29, 1.82) is 0 Å². The molecule has 0 fully saturated rings. The molecular weight excluding hydrogens is 290 g/mol. The van der Waals surface area contributed by atoms with Crippen molar-refractivity contribution in [2.24, 2.45) is 0 Å². The molecule has 0 atom stereocenters. The van der Waals surface area contributed by atoms with Gasteiger partial charge in [0.05, 0.1) is 11.9 Å². The number of amides is 1. The fourth-order valence-corrected chi connectivity index (χ4v) is 2.25. The number of aromatic nitrogens is 4. The molecule has 21 heavy (non-hydrogen) atoms. The van der Waals surface area contributed by atoms with E-state index in [0.717, 1.165) is 11.2 Å². The molecule has 0 aromatic carbocycles. The second-order valence-electron chi connectivity index (χ2n) is 4.66. The van der Waals surface area contributed by atoms with Crippen molar-refractivity contribution in [3.8, 4) is 0 Å². The van der Waals surface area contributed by atoms with Crippen LogP contribution in [0.15, 0.2) is 30.6 Å². The van der Waals surface area contributed by atoms with Crippen LogP contribution >= 0.6 is 11.6 Å². The standard InChI is InChI=1S/C14H12ClN5O/c1-8-5-11(7-20-13(8)17-9(2)19-20)18-14(21)10-3-4-16-12(15)6-10/h3-7H,1-2H3,(H,18,21). The summed E-state index contributed by atoms with van der Waals surface area (Å²) >= 11 is 5.78. The maximum absolute atomic E-state index is 12.2. The summed E-state index contributed by atoms with van der Waals surface area (Å²) in [5.74, 6) is 0.428. The van der Waals surface area contributed by atoms with Gasteiger partial charge in [0.15, 0.2) is 5.65 Å². The van der Waals surface area contributed by atoms with Gasteiger partial charge in [-0.25, -0.2) is 14.5 Å². The Balaban J connectivity index is 1.92. The lowest BCUT2D eigenvalue weighted by molar-refractivity contribution is 0.102. The number of halogens is 1. The van der Waals surface area contributed by atoms with Gasteiger partial charge < -0.3 is 5.32 Å². The van der Waals surface area contributed by atoms with Crippen molar-refractivity contribution in [2.45, 2.75) is 13.8 Å². The van der Waals surface area contributed by atoms with E-state index >= 15 is 0 Å². The van der Waals surface area contributed by atoms with Gasteiger partial charge in [-0.05, 0) is 37.6 Å². The van der Waals surface area contributed by atoms with Crippen LogP contribution in [0, 0.1) is 13.8 Å². The topological polar surface area (TPSA) is 72.2 Å². The highest BCUT2D eigenvalue weighted by molar-refractivity contribution is 6.29. The molecule has 1 N–H and O–H groups in total. The Bertz CT molecular complexity index is 842. The van der Waals surface area contributed by atoms with Crippen LogP contribution in [-0.2, 0) is 0 Å². The quantitative estimate of drug-likeness (QED) is 0.739. The second kappa shape index (κ2) is 5.14. The lowest BCUT2D eigenvalue weighted by atomic mass is 10.2. The largest absolute Gasteiger partial charge is 0.321 e. The van der Waals surface area contributed by atoms with Crippen molar-refractivity contribution in [3.63, 3.8) is 0 Å². The van der Waals surface area contributed by atoms with Gasteiger partial charge in [0, 0.05) is 11.8 Å². The van der Waals surface area contributed by atoms with E-state index in [-0.39, 0.29) is 11.1 Å². The van der Waals surface area contributed by atoms with E-state index in [4.69, 9.17) is 11.6 Å². The zero-order valence-electron chi connectivity index (χ0n) is 11.5. The van der Waals surface area contributed by atoms with Gasteiger partial charge in [-0.15, -0.1) is 0 Å². The third-order valence-corrected chi connectivity index (χ3v) is 3.18. The van der Waals surface area contributed by atoms with E-state index in [0.29, 0.717) is 17.1 Å². The highest BCUT2D eigenvalue weighted by Crippen LogP contribution is 2.16. The number of pyridine rings is 2. The molecule has 7 heteroatoms. The van der Waals surface area contributed by atoms with Crippen molar-refractivity contribution in [1.82, 2.24) is 19.6 Å². The number of carbonyl (C=O) groups is 1. The minimum atomic E-state index is -0.255. The number of aryl methyl sites for hydroxylation is 2. The molecule has 0 aliphatic heterocycles. The normalized spacial score (nSPS) is 10.8. The predicted molar refractivity (Wildman–Crippen MR) is 79.7 cm³/mol. The Morgan fingerprint density at radius 1 is 1.33 bits per heavy atom. The second-order valence-corrected chi connectivity index (χ2v) is 5.05. The number of nitrogens with one attached hydrogen (secondary N) is 1. The lowest BCUT2D eigenvalue weighted by Crippen LogP contribution is -2.12. The Morgan fingerprint density at radius 3 is 2.90 bits per heavy atom. The fraction of sp³-hybridized carbons (Fsp3) is 0.143. The highest BCUT2D eigenvalue weighted by atomic mass is 35.5. The first-order chi connectivity index (χ1) is 10.0. The molecule has 0 saturated heterocycles. The third kappa shape index (κ3) is 2.71. The summed E-state index contributed by atoms with van der Waals surface area (Å²) in [6.07, 6.45) is 3.22. The predicted octanol–water partition coefficient (Wildman–Crippen LogP) is 2.65. The first kappa shape index (κ1) is 13.5. The molecule has 6 nitrogen and oxygen atoms in total.